The monoisotopic (exact) mass is 290 g/mol. The molecule has 3 rings (SSSR count). The predicted octanol–water partition coefficient (Wildman–Crippen LogP) is 4.68. The van der Waals surface area contributed by atoms with E-state index in [4.69, 9.17) is 17.0 Å². The third-order valence-corrected chi connectivity index (χ3v) is 4.91. The molecule has 0 radical (unpaired) electrons. The Balaban J connectivity index is 2.03. The zero-order valence-corrected chi connectivity index (χ0v) is 13.1. The second-order valence-corrected chi connectivity index (χ2v) is 6.63. The third-order valence-electron chi connectivity index (χ3n) is 4.59. The second-order valence-electron chi connectivity index (χ2n) is 6.24. The summed E-state index contributed by atoms with van der Waals surface area (Å²) < 4.78 is 8.47. The molecule has 108 valence electrons. The average Bonchev–Trinajstić information content (AvgIpc) is 2.75. The molecule has 1 heterocycles. The van der Waals surface area contributed by atoms with Crippen LogP contribution >= 0.6 is 12.2 Å². The molecule has 3 nitrogen and oxygen atoms in total. The van der Waals surface area contributed by atoms with E-state index in [0.29, 0.717) is 5.41 Å². The van der Waals surface area contributed by atoms with Crippen LogP contribution in [0.2, 0.25) is 0 Å². The number of ether oxygens (including phenoxy) is 1. The number of hydrogen-bond donors (Lipinski definition) is 1. The van der Waals surface area contributed by atoms with Crippen molar-refractivity contribution >= 4 is 23.3 Å². The first-order chi connectivity index (χ1) is 9.63. The summed E-state index contributed by atoms with van der Waals surface area (Å²) in [6.07, 6.45) is 6.66. The van der Waals surface area contributed by atoms with Crippen LogP contribution in [0.1, 0.15) is 39.0 Å². The Morgan fingerprint density at radius 1 is 1.30 bits per heavy atom. The van der Waals surface area contributed by atoms with Crippen LogP contribution < -0.4 is 4.74 Å². The average molecular weight is 290 g/mol. The number of aromatic amines is 1. The summed E-state index contributed by atoms with van der Waals surface area (Å²) in [5.41, 5.74) is 2.54. The lowest BCUT2D eigenvalue weighted by molar-refractivity contribution is 0.184. The van der Waals surface area contributed by atoms with Crippen LogP contribution in [-0.4, -0.2) is 16.7 Å². The quantitative estimate of drug-likeness (QED) is 0.832. The minimum absolute atomic E-state index is 0.370. The van der Waals surface area contributed by atoms with Crippen molar-refractivity contribution in [1.29, 1.82) is 0 Å². The number of methoxy groups -OCH3 is 1. The Labute approximate surface area is 125 Å². The number of nitrogens with zero attached hydrogens (tertiary/aromatic N) is 1. The van der Waals surface area contributed by atoms with Crippen molar-refractivity contribution in [3.8, 4) is 5.75 Å². The van der Waals surface area contributed by atoms with E-state index in [1.54, 1.807) is 7.11 Å². The van der Waals surface area contributed by atoms with Crippen LogP contribution in [-0.2, 0) is 6.54 Å². The Morgan fingerprint density at radius 3 is 2.75 bits per heavy atom. The standard InChI is InChI=1S/C16H22N2OS/c1-16(9-4-3-5-10-16)11-18-12-7-6-8-13(19-2)14(12)17-15(18)20/h6-8H,3-5,9-11H2,1-2H3,(H,17,20). The van der Waals surface area contributed by atoms with E-state index in [-0.39, 0.29) is 0 Å². The SMILES string of the molecule is COc1cccc2c1[nH]c(=S)n2CC1(C)CCCCC1. The third kappa shape index (κ3) is 2.37. The van der Waals surface area contributed by atoms with Crippen molar-refractivity contribution in [2.24, 2.45) is 5.41 Å². The first-order valence-electron chi connectivity index (χ1n) is 7.38. The number of hydrogen-bond acceptors (Lipinski definition) is 2. The van der Waals surface area contributed by atoms with Crippen LogP contribution in [0.4, 0.5) is 0 Å². The first-order valence-corrected chi connectivity index (χ1v) is 7.79. The Kier molecular flexibility index (Phi) is 3.59. The van der Waals surface area contributed by atoms with Gasteiger partial charge >= 0.3 is 0 Å². The topological polar surface area (TPSA) is 29.9 Å². The van der Waals surface area contributed by atoms with Gasteiger partial charge in [-0.15, -0.1) is 0 Å². The zero-order valence-electron chi connectivity index (χ0n) is 12.2. The fraction of sp³-hybridized carbons (Fsp3) is 0.562. The lowest BCUT2D eigenvalue weighted by atomic mass is 9.75. The van der Waals surface area contributed by atoms with Gasteiger partial charge in [-0.25, -0.2) is 0 Å². The number of aromatic nitrogens is 2. The second kappa shape index (κ2) is 5.24. The van der Waals surface area contributed by atoms with E-state index in [9.17, 15) is 0 Å². The minimum atomic E-state index is 0.370. The maximum absolute atomic E-state index is 5.53. The molecule has 0 spiro atoms. The Morgan fingerprint density at radius 2 is 2.05 bits per heavy atom. The van der Waals surface area contributed by atoms with E-state index in [1.807, 2.05) is 12.1 Å². The van der Waals surface area contributed by atoms with Crippen molar-refractivity contribution in [3.63, 3.8) is 0 Å². The van der Waals surface area contributed by atoms with Crippen LogP contribution in [0.5, 0.6) is 5.75 Å². The minimum Gasteiger partial charge on any atom is -0.494 e. The van der Waals surface area contributed by atoms with Crippen LogP contribution in [0.15, 0.2) is 18.2 Å². The highest BCUT2D eigenvalue weighted by Crippen LogP contribution is 2.38. The largest absolute Gasteiger partial charge is 0.494 e. The van der Waals surface area contributed by atoms with Gasteiger partial charge in [-0.3, -0.25) is 0 Å². The van der Waals surface area contributed by atoms with E-state index < -0.39 is 0 Å². The van der Waals surface area contributed by atoms with E-state index in [1.165, 1.54) is 32.1 Å². The molecule has 4 heteroatoms. The van der Waals surface area contributed by atoms with Crippen molar-refractivity contribution in [2.45, 2.75) is 45.6 Å². The number of H-pyrrole nitrogens is 1. The number of benzene rings is 1. The summed E-state index contributed by atoms with van der Waals surface area (Å²) >= 11 is 5.53. The van der Waals surface area contributed by atoms with Crippen LogP contribution in [0.3, 0.4) is 0 Å². The Hall–Kier alpha value is -1.29. The van der Waals surface area contributed by atoms with Crippen molar-refractivity contribution in [3.05, 3.63) is 23.0 Å². The van der Waals surface area contributed by atoms with Gasteiger partial charge < -0.3 is 14.3 Å². The first kappa shape index (κ1) is 13.7. The number of para-hydroxylation sites is 1. The lowest BCUT2D eigenvalue weighted by Gasteiger charge is -2.34. The summed E-state index contributed by atoms with van der Waals surface area (Å²) in [6.45, 7) is 3.39. The fourth-order valence-corrected chi connectivity index (χ4v) is 3.69. The van der Waals surface area contributed by atoms with Crippen LogP contribution in [0.25, 0.3) is 11.0 Å². The molecule has 0 amide bonds. The fourth-order valence-electron chi connectivity index (χ4n) is 3.43. The van der Waals surface area contributed by atoms with E-state index >= 15 is 0 Å². The molecule has 1 aliphatic carbocycles. The normalized spacial score (nSPS) is 18.3. The van der Waals surface area contributed by atoms with Gasteiger partial charge in [-0.05, 0) is 42.6 Å². The summed E-state index contributed by atoms with van der Waals surface area (Å²) in [7, 11) is 1.70. The molecule has 1 aromatic carbocycles. The molecule has 2 aromatic rings. The van der Waals surface area contributed by atoms with Gasteiger partial charge in [0.1, 0.15) is 11.3 Å². The van der Waals surface area contributed by atoms with Gasteiger partial charge in [-0.1, -0.05) is 32.3 Å². The summed E-state index contributed by atoms with van der Waals surface area (Å²) in [5, 5.41) is 0. The predicted molar refractivity (Wildman–Crippen MR) is 84.9 cm³/mol. The van der Waals surface area contributed by atoms with Gasteiger partial charge in [-0.2, -0.15) is 0 Å². The van der Waals surface area contributed by atoms with Gasteiger partial charge in [0, 0.05) is 6.54 Å². The molecule has 1 aliphatic rings. The molecular weight excluding hydrogens is 268 g/mol. The maximum Gasteiger partial charge on any atom is 0.178 e. The molecule has 20 heavy (non-hydrogen) atoms. The highest BCUT2D eigenvalue weighted by Gasteiger charge is 2.28. The number of fused-ring (bicyclic) bond motifs is 1. The lowest BCUT2D eigenvalue weighted by Crippen LogP contribution is -2.26. The molecule has 0 unspecified atom stereocenters. The highest BCUT2D eigenvalue weighted by molar-refractivity contribution is 7.71. The van der Waals surface area contributed by atoms with E-state index in [2.05, 4.69) is 22.5 Å². The Bertz CT molecular complexity index is 665. The van der Waals surface area contributed by atoms with Crippen molar-refractivity contribution < 1.29 is 4.74 Å². The molecule has 1 aromatic heterocycles. The van der Waals surface area contributed by atoms with Crippen molar-refractivity contribution in [2.75, 3.05) is 7.11 Å². The van der Waals surface area contributed by atoms with Gasteiger partial charge in [0.2, 0.25) is 0 Å². The molecule has 0 atom stereocenters. The smallest absolute Gasteiger partial charge is 0.178 e. The molecule has 0 saturated heterocycles. The summed E-state index contributed by atoms with van der Waals surface area (Å²) in [5.74, 6) is 0.862. The molecular formula is C16H22N2OS. The van der Waals surface area contributed by atoms with Gasteiger partial charge in [0.25, 0.3) is 0 Å². The van der Waals surface area contributed by atoms with Gasteiger partial charge in [0.05, 0.1) is 12.6 Å². The zero-order chi connectivity index (χ0) is 14.2. The molecule has 0 aliphatic heterocycles. The molecule has 1 fully saturated rings. The number of rotatable bonds is 3. The summed E-state index contributed by atoms with van der Waals surface area (Å²) in [6, 6.07) is 6.13. The number of nitrogens with one attached hydrogen (secondary N) is 1. The maximum atomic E-state index is 5.53. The summed E-state index contributed by atoms with van der Waals surface area (Å²) in [4.78, 5) is 3.31. The van der Waals surface area contributed by atoms with Crippen LogP contribution in [0, 0.1) is 10.2 Å². The molecule has 0 bridgehead atoms. The molecule has 1 N–H and O–H groups in total. The van der Waals surface area contributed by atoms with Gasteiger partial charge in [0.15, 0.2) is 4.77 Å². The molecule has 1 saturated carbocycles. The highest BCUT2D eigenvalue weighted by atomic mass is 32.1. The number of imidazole rings is 1. The van der Waals surface area contributed by atoms with E-state index in [0.717, 1.165) is 28.1 Å². The van der Waals surface area contributed by atoms with Crippen molar-refractivity contribution in [1.82, 2.24) is 9.55 Å².